The topological polar surface area (TPSA) is 34.1 Å². The number of methoxy groups -OCH3 is 2. The first-order valence-corrected chi connectivity index (χ1v) is 9.41. The van der Waals surface area contributed by atoms with Gasteiger partial charge in [-0.25, -0.2) is 0 Å². The first kappa shape index (κ1) is 18.4. The minimum absolute atomic E-state index is 0.00712. The van der Waals surface area contributed by atoms with Crippen molar-refractivity contribution in [1.29, 1.82) is 0 Å². The Morgan fingerprint density at radius 3 is 1.96 bits per heavy atom. The van der Waals surface area contributed by atoms with Crippen molar-refractivity contribution in [2.24, 2.45) is 4.99 Å². The van der Waals surface area contributed by atoms with E-state index in [0.717, 1.165) is 33.2 Å². The molecule has 0 unspecified atom stereocenters. The molecule has 142 valence electrons. The Morgan fingerprint density at radius 2 is 1.43 bits per heavy atom. The fourth-order valence-corrected chi connectivity index (χ4v) is 3.63. The second-order valence-corrected chi connectivity index (χ2v) is 7.03. The highest BCUT2D eigenvalue weighted by Crippen LogP contribution is 2.31. The van der Waals surface area contributed by atoms with Gasteiger partial charge >= 0.3 is 0 Å². The van der Waals surface area contributed by atoms with Crippen molar-refractivity contribution in [3.63, 3.8) is 0 Å². The van der Waals surface area contributed by atoms with E-state index in [0.29, 0.717) is 11.7 Å². The maximum Gasteiger partial charge on any atom is 0.118 e. The Bertz CT molecular complexity index is 1030. The first-order valence-electron chi connectivity index (χ1n) is 9.03. The second kappa shape index (κ2) is 7.95. The van der Waals surface area contributed by atoms with Crippen LogP contribution < -0.4 is 20.0 Å². The molecule has 0 atom stereocenters. The minimum atomic E-state index is 0.00712. The van der Waals surface area contributed by atoms with E-state index >= 15 is 0 Å². The number of rotatable bonds is 5. The molecule has 0 N–H and O–H groups in total. The van der Waals surface area contributed by atoms with Crippen LogP contribution in [0.5, 0.6) is 11.5 Å². The molecule has 0 aromatic heterocycles. The normalized spacial score (nSPS) is 12.8. The maximum atomic E-state index is 6.20. The van der Waals surface area contributed by atoms with Crippen molar-refractivity contribution in [1.82, 2.24) is 4.90 Å². The van der Waals surface area contributed by atoms with Gasteiger partial charge in [0.15, 0.2) is 0 Å². The van der Waals surface area contributed by atoms with Crippen molar-refractivity contribution < 1.29 is 9.47 Å². The van der Waals surface area contributed by atoms with Gasteiger partial charge in [0.1, 0.15) is 18.2 Å². The van der Waals surface area contributed by atoms with Crippen molar-refractivity contribution in [3.05, 3.63) is 93.5 Å². The van der Waals surface area contributed by atoms with Gasteiger partial charge in [0.25, 0.3) is 0 Å². The fraction of sp³-hybridized carbons (Fsp3) is 0.174. The third kappa shape index (κ3) is 3.69. The highest BCUT2D eigenvalue weighted by Gasteiger charge is 2.21. The molecule has 0 saturated heterocycles. The summed E-state index contributed by atoms with van der Waals surface area (Å²) in [6.07, 6.45) is 2.13. The van der Waals surface area contributed by atoms with Gasteiger partial charge in [-0.05, 0) is 53.6 Å². The lowest BCUT2D eigenvalue weighted by Gasteiger charge is -2.31. The highest BCUT2D eigenvalue weighted by atomic mass is 35.5. The summed E-state index contributed by atoms with van der Waals surface area (Å²) in [5, 5.41) is 2.69. The molecule has 0 radical (unpaired) electrons. The predicted molar refractivity (Wildman–Crippen MR) is 111 cm³/mol. The van der Waals surface area contributed by atoms with E-state index < -0.39 is 0 Å². The van der Waals surface area contributed by atoms with Crippen molar-refractivity contribution >= 4 is 17.8 Å². The van der Waals surface area contributed by atoms with Crippen LogP contribution in [-0.2, 0) is 0 Å². The molecule has 3 aromatic rings. The molecule has 0 amide bonds. The van der Waals surface area contributed by atoms with Crippen LogP contribution in [0, 0.1) is 0 Å². The number of fused-ring (bicyclic) bond motifs is 1. The van der Waals surface area contributed by atoms with Gasteiger partial charge in [-0.1, -0.05) is 35.9 Å². The zero-order chi connectivity index (χ0) is 19.5. The molecular weight excluding hydrogens is 372 g/mol. The zero-order valence-electron chi connectivity index (χ0n) is 15.8. The van der Waals surface area contributed by atoms with E-state index in [4.69, 9.17) is 26.1 Å². The molecule has 0 spiro atoms. The van der Waals surface area contributed by atoms with Crippen LogP contribution in [0.25, 0.3) is 6.20 Å². The minimum Gasteiger partial charge on any atom is -0.497 e. The van der Waals surface area contributed by atoms with E-state index in [1.54, 1.807) is 14.2 Å². The van der Waals surface area contributed by atoms with Crippen LogP contribution in [0.3, 0.4) is 0 Å². The Morgan fingerprint density at radius 1 is 0.857 bits per heavy atom. The Hall–Kier alpha value is -2.98. The molecule has 3 aromatic carbocycles. The molecule has 0 aliphatic carbocycles. The first-order chi connectivity index (χ1) is 13.7. The molecule has 1 heterocycles. The summed E-state index contributed by atoms with van der Waals surface area (Å²) >= 11 is 6.20. The summed E-state index contributed by atoms with van der Waals surface area (Å²) in [7, 11) is 3.35. The SMILES string of the molecule is COc1ccc(C(c2ccc(OC)cc2)N2C=c3cc(Cl)ccc3=NC2)cc1. The number of ether oxygens (including phenoxy) is 2. The van der Waals surface area contributed by atoms with Gasteiger partial charge in [-0.3, -0.25) is 4.99 Å². The number of hydrogen-bond donors (Lipinski definition) is 0. The molecule has 1 aliphatic rings. The van der Waals surface area contributed by atoms with E-state index in [2.05, 4.69) is 35.4 Å². The molecule has 0 saturated carbocycles. The summed E-state index contributed by atoms with van der Waals surface area (Å²) < 4.78 is 10.6. The fourth-order valence-electron chi connectivity index (χ4n) is 3.45. The third-order valence-electron chi connectivity index (χ3n) is 4.89. The zero-order valence-corrected chi connectivity index (χ0v) is 16.6. The quantitative estimate of drug-likeness (QED) is 0.662. The molecule has 4 rings (SSSR count). The van der Waals surface area contributed by atoms with E-state index in [9.17, 15) is 0 Å². The van der Waals surface area contributed by atoms with Gasteiger partial charge in [0.2, 0.25) is 0 Å². The Balaban J connectivity index is 1.80. The van der Waals surface area contributed by atoms with Gasteiger partial charge in [-0.2, -0.15) is 0 Å². The van der Waals surface area contributed by atoms with Gasteiger partial charge < -0.3 is 14.4 Å². The molecule has 0 bridgehead atoms. The average molecular weight is 393 g/mol. The van der Waals surface area contributed by atoms with E-state index in [-0.39, 0.29) is 6.04 Å². The van der Waals surface area contributed by atoms with Gasteiger partial charge in [-0.15, -0.1) is 0 Å². The summed E-state index contributed by atoms with van der Waals surface area (Å²) in [4.78, 5) is 6.97. The average Bonchev–Trinajstić information content (AvgIpc) is 2.74. The summed E-state index contributed by atoms with van der Waals surface area (Å²) in [6, 6.07) is 22.1. The van der Waals surface area contributed by atoms with Crippen LogP contribution in [0.2, 0.25) is 5.02 Å². The standard InChI is InChI=1S/C23H21ClN2O2/c1-27-20-8-3-16(4-9-20)23(17-5-10-21(28-2)11-6-17)26-14-18-13-19(24)7-12-22(18)25-15-26/h3-14,23H,15H2,1-2H3. The third-order valence-corrected chi connectivity index (χ3v) is 5.13. The maximum absolute atomic E-state index is 6.20. The van der Waals surface area contributed by atoms with E-state index in [1.165, 1.54) is 0 Å². The molecule has 0 fully saturated rings. The number of halogens is 1. The van der Waals surface area contributed by atoms with Crippen LogP contribution in [0.1, 0.15) is 17.2 Å². The van der Waals surface area contributed by atoms with Crippen LogP contribution in [0.4, 0.5) is 0 Å². The highest BCUT2D eigenvalue weighted by molar-refractivity contribution is 6.30. The molecular formula is C23H21ClN2O2. The van der Waals surface area contributed by atoms with Crippen molar-refractivity contribution in [2.45, 2.75) is 6.04 Å². The number of nitrogens with zero attached hydrogens (tertiary/aromatic N) is 2. The van der Waals surface area contributed by atoms with Crippen molar-refractivity contribution in [3.8, 4) is 11.5 Å². The van der Waals surface area contributed by atoms with Crippen molar-refractivity contribution in [2.75, 3.05) is 20.9 Å². The second-order valence-electron chi connectivity index (χ2n) is 6.59. The van der Waals surface area contributed by atoms with Crippen LogP contribution in [0.15, 0.2) is 71.7 Å². The number of benzene rings is 3. The lowest BCUT2D eigenvalue weighted by atomic mass is 9.97. The van der Waals surface area contributed by atoms with E-state index in [1.807, 2.05) is 42.5 Å². The smallest absolute Gasteiger partial charge is 0.118 e. The monoisotopic (exact) mass is 392 g/mol. The summed E-state index contributed by atoms with van der Waals surface area (Å²) in [6.45, 7) is 0.567. The predicted octanol–water partition coefficient (Wildman–Crippen LogP) is 3.78. The summed E-state index contributed by atoms with van der Waals surface area (Å²) in [5.41, 5.74) is 2.31. The van der Waals surface area contributed by atoms with Gasteiger partial charge in [0, 0.05) is 16.4 Å². The van der Waals surface area contributed by atoms with Gasteiger partial charge in [0.05, 0.1) is 25.6 Å². The Kier molecular flexibility index (Phi) is 5.22. The van der Waals surface area contributed by atoms with Crippen LogP contribution in [-0.4, -0.2) is 25.8 Å². The lowest BCUT2D eigenvalue weighted by molar-refractivity contribution is 0.350. The molecule has 4 nitrogen and oxygen atoms in total. The largest absolute Gasteiger partial charge is 0.497 e. The summed E-state index contributed by atoms with van der Waals surface area (Å²) in [5.74, 6) is 1.67. The Labute approximate surface area is 169 Å². The lowest BCUT2D eigenvalue weighted by Crippen LogP contribution is -2.37. The number of hydrogen-bond acceptors (Lipinski definition) is 4. The van der Waals surface area contributed by atoms with Crippen LogP contribution >= 0.6 is 11.6 Å². The molecule has 5 heteroatoms. The molecule has 1 aliphatic heterocycles. The molecule has 28 heavy (non-hydrogen) atoms.